The van der Waals surface area contributed by atoms with Crippen molar-refractivity contribution in [3.63, 3.8) is 0 Å². The number of amides is 1. The lowest BCUT2D eigenvalue weighted by Crippen LogP contribution is -2.28. The van der Waals surface area contributed by atoms with Gasteiger partial charge in [-0.1, -0.05) is 28.1 Å². The number of benzene rings is 1. The van der Waals surface area contributed by atoms with Crippen LogP contribution in [0, 0.1) is 6.92 Å². The van der Waals surface area contributed by atoms with Gasteiger partial charge in [-0.05, 0) is 24.1 Å². The van der Waals surface area contributed by atoms with Crippen LogP contribution in [-0.2, 0) is 16.0 Å². The molecule has 2 aromatic rings. The van der Waals surface area contributed by atoms with Gasteiger partial charge < -0.3 is 15.8 Å². The Morgan fingerprint density at radius 2 is 2.30 bits per heavy atom. The standard InChI is InChI=1S/C16H20BrN3O2S/c1-10-5-11(3-4-14(10)17)6-13-9-19-16(23-13)20-15(21)7-12(8-18)22-2/h3-5,9,12H,6-8,18H2,1-2H3,(H,19,20,21). The zero-order valence-corrected chi connectivity index (χ0v) is 15.5. The molecule has 23 heavy (non-hydrogen) atoms. The molecule has 5 nitrogen and oxygen atoms in total. The number of thiazole rings is 1. The van der Waals surface area contributed by atoms with Crippen LogP contribution in [0.5, 0.6) is 0 Å². The first-order valence-corrected chi connectivity index (χ1v) is 8.85. The quantitative estimate of drug-likeness (QED) is 0.752. The van der Waals surface area contributed by atoms with Gasteiger partial charge in [-0.2, -0.15) is 0 Å². The number of aromatic nitrogens is 1. The van der Waals surface area contributed by atoms with Crippen LogP contribution in [0.25, 0.3) is 0 Å². The third kappa shape index (κ3) is 5.39. The molecular weight excluding hydrogens is 378 g/mol. The molecule has 1 aromatic heterocycles. The number of methoxy groups -OCH3 is 1. The number of hydrogen-bond donors (Lipinski definition) is 2. The molecule has 124 valence electrons. The van der Waals surface area contributed by atoms with Crippen LogP contribution in [0.3, 0.4) is 0 Å². The Morgan fingerprint density at radius 3 is 2.96 bits per heavy atom. The third-order valence-corrected chi connectivity index (χ3v) is 5.21. The van der Waals surface area contributed by atoms with Gasteiger partial charge in [-0.3, -0.25) is 4.79 Å². The summed E-state index contributed by atoms with van der Waals surface area (Å²) in [6.07, 6.45) is 2.56. The van der Waals surface area contributed by atoms with Crippen LogP contribution in [0.1, 0.15) is 22.4 Å². The number of carbonyl (C=O) groups excluding carboxylic acids is 1. The zero-order valence-electron chi connectivity index (χ0n) is 13.1. The number of hydrogen-bond acceptors (Lipinski definition) is 5. The van der Waals surface area contributed by atoms with Crippen LogP contribution >= 0.6 is 27.3 Å². The van der Waals surface area contributed by atoms with Crippen LogP contribution < -0.4 is 11.1 Å². The van der Waals surface area contributed by atoms with E-state index in [1.165, 1.54) is 22.5 Å². The number of rotatable bonds is 7. The van der Waals surface area contributed by atoms with Crippen LogP contribution in [0.15, 0.2) is 28.9 Å². The second-order valence-corrected chi connectivity index (χ2v) is 7.21. The van der Waals surface area contributed by atoms with E-state index in [9.17, 15) is 4.79 Å². The number of nitrogens with one attached hydrogen (secondary N) is 1. The van der Waals surface area contributed by atoms with E-state index in [-0.39, 0.29) is 18.4 Å². The van der Waals surface area contributed by atoms with Gasteiger partial charge in [0.1, 0.15) is 0 Å². The van der Waals surface area contributed by atoms with Crippen LogP contribution in [0.4, 0.5) is 5.13 Å². The Bertz CT molecular complexity index is 671. The average Bonchev–Trinajstić information content (AvgIpc) is 2.95. The number of ether oxygens (including phenoxy) is 1. The smallest absolute Gasteiger partial charge is 0.228 e. The minimum Gasteiger partial charge on any atom is -0.380 e. The molecule has 3 N–H and O–H groups in total. The largest absolute Gasteiger partial charge is 0.380 e. The summed E-state index contributed by atoms with van der Waals surface area (Å²) in [5.41, 5.74) is 7.94. The highest BCUT2D eigenvalue weighted by molar-refractivity contribution is 9.10. The molecule has 0 fully saturated rings. The minimum atomic E-state index is -0.264. The molecule has 0 saturated heterocycles. The average molecular weight is 398 g/mol. The van der Waals surface area contributed by atoms with E-state index in [0.29, 0.717) is 11.7 Å². The summed E-state index contributed by atoms with van der Waals surface area (Å²) in [6, 6.07) is 6.28. The summed E-state index contributed by atoms with van der Waals surface area (Å²) in [4.78, 5) is 17.3. The van der Waals surface area contributed by atoms with Gasteiger partial charge in [-0.25, -0.2) is 4.98 Å². The Morgan fingerprint density at radius 1 is 1.52 bits per heavy atom. The Kier molecular flexibility index (Phi) is 6.71. The van der Waals surface area contributed by atoms with Gasteiger partial charge >= 0.3 is 0 Å². The van der Waals surface area contributed by atoms with Gasteiger partial charge in [-0.15, -0.1) is 11.3 Å². The molecule has 0 aliphatic rings. The van der Waals surface area contributed by atoms with Gasteiger partial charge in [0.2, 0.25) is 5.91 Å². The summed E-state index contributed by atoms with van der Waals surface area (Å²) in [5, 5.41) is 3.40. The lowest BCUT2D eigenvalue weighted by atomic mass is 10.1. The maximum atomic E-state index is 11.9. The van der Waals surface area contributed by atoms with Gasteiger partial charge in [0.05, 0.1) is 12.5 Å². The SMILES string of the molecule is COC(CN)CC(=O)Nc1ncc(Cc2ccc(Br)c(C)c2)s1. The van der Waals surface area contributed by atoms with Crippen LogP contribution in [0.2, 0.25) is 0 Å². The maximum absolute atomic E-state index is 11.9. The highest BCUT2D eigenvalue weighted by Gasteiger charge is 2.13. The summed E-state index contributed by atoms with van der Waals surface area (Å²) in [6.45, 7) is 2.38. The van der Waals surface area contributed by atoms with Gasteiger partial charge in [0.15, 0.2) is 5.13 Å². The predicted octanol–water partition coefficient (Wildman–Crippen LogP) is 3.11. The monoisotopic (exact) mass is 397 g/mol. The van der Waals surface area contributed by atoms with Gasteiger partial charge in [0, 0.05) is 35.6 Å². The fourth-order valence-corrected chi connectivity index (χ4v) is 3.21. The number of carbonyl (C=O) groups is 1. The summed E-state index contributed by atoms with van der Waals surface area (Å²) < 4.78 is 6.21. The van der Waals surface area contributed by atoms with Crippen molar-refractivity contribution in [2.75, 3.05) is 19.0 Å². The highest BCUT2D eigenvalue weighted by Crippen LogP contribution is 2.24. The lowest BCUT2D eigenvalue weighted by Gasteiger charge is -2.11. The van der Waals surface area contributed by atoms with Crippen molar-refractivity contribution in [3.05, 3.63) is 44.9 Å². The molecule has 0 aliphatic heterocycles. The molecule has 1 aromatic carbocycles. The second kappa shape index (κ2) is 8.54. The molecule has 0 saturated carbocycles. The zero-order chi connectivity index (χ0) is 16.8. The summed E-state index contributed by atoms with van der Waals surface area (Å²) in [5.74, 6) is -0.136. The van der Waals surface area contributed by atoms with Crippen molar-refractivity contribution in [1.29, 1.82) is 0 Å². The van der Waals surface area contributed by atoms with Crippen LogP contribution in [-0.4, -0.2) is 30.6 Å². The summed E-state index contributed by atoms with van der Waals surface area (Å²) >= 11 is 4.98. The van der Waals surface area contributed by atoms with E-state index in [1.807, 2.05) is 6.07 Å². The molecule has 0 bridgehead atoms. The third-order valence-electron chi connectivity index (χ3n) is 3.41. The van der Waals surface area contributed by atoms with Crippen molar-refractivity contribution < 1.29 is 9.53 Å². The number of halogens is 1. The van der Waals surface area contributed by atoms with Crippen molar-refractivity contribution in [1.82, 2.24) is 4.98 Å². The van der Waals surface area contributed by atoms with Crippen molar-refractivity contribution in [2.45, 2.75) is 25.9 Å². The fraction of sp³-hybridized carbons (Fsp3) is 0.375. The molecular formula is C16H20BrN3O2S. The predicted molar refractivity (Wildman–Crippen MR) is 96.9 cm³/mol. The van der Waals surface area contributed by atoms with Crippen molar-refractivity contribution in [2.24, 2.45) is 5.73 Å². The number of aryl methyl sites for hydroxylation is 1. The highest BCUT2D eigenvalue weighted by atomic mass is 79.9. The first-order chi connectivity index (χ1) is 11.0. The Balaban J connectivity index is 1.95. The molecule has 1 heterocycles. The maximum Gasteiger partial charge on any atom is 0.228 e. The van der Waals surface area contributed by atoms with E-state index < -0.39 is 0 Å². The normalized spacial score (nSPS) is 12.2. The van der Waals surface area contributed by atoms with E-state index in [1.54, 1.807) is 13.3 Å². The molecule has 2 rings (SSSR count). The summed E-state index contributed by atoms with van der Waals surface area (Å²) in [7, 11) is 1.55. The first-order valence-electron chi connectivity index (χ1n) is 7.24. The molecule has 7 heteroatoms. The second-order valence-electron chi connectivity index (χ2n) is 5.24. The molecule has 0 aliphatic carbocycles. The Hall–Kier alpha value is -1.28. The van der Waals surface area contributed by atoms with E-state index in [0.717, 1.165) is 15.8 Å². The number of nitrogens with two attached hydrogens (primary N) is 1. The van der Waals surface area contributed by atoms with E-state index >= 15 is 0 Å². The lowest BCUT2D eigenvalue weighted by molar-refractivity contribution is -0.118. The van der Waals surface area contributed by atoms with E-state index in [4.69, 9.17) is 10.5 Å². The Labute approximate surface area is 148 Å². The first kappa shape index (κ1) is 18.1. The molecule has 1 amide bonds. The molecule has 0 radical (unpaired) electrons. The number of anilines is 1. The molecule has 1 unspecified atom stereocenters. The van der Waals surface area contributed by atoms with E-state index in [2.05, 4.69) is 45.3 Å². The molecule has 1 atom stereocenters. The fourth-order valence-electron chi connectivity index (χ4n) is 2.10. The van der Waals surface area contributed by atoms with Crippen molar-refractivity contribution in [3.8, 4) is 0 Å². The topological polar surface area (TPSA) is 77.2 Å². The molecule has 0 spiro atoms. The minimum absolute atomic E-state index is 0.136. The number of nitrogens with zero attached hydrogens (tertiary/aromatic N) is 1. The van der Waals surface area contributed by atoms with Crippen molar-refractivity contribution >= 4 is 38.3 Å². The van der Waals surface area contributed by atoms with Gasteiger partial charge in [0.25, 0.3) is 0 Å².